The molecule has 174 valence electrons. The van der Waals surface area contributed by atoms with Crippen molar-refractivity contribution in [3.05, 3.63) is 81.1 Å². The molecule has 2 aromatic carbocycles. The highest BCUT2D eigenvalue weighted by atomic mass is 35.5. The molecular formula is C26H24ClN3O3S. The van der Waals surface area contributed by atoms with E-state index in [1.807, 2.05) is 59.7 Å². The Kier molecular flexibility index (Phi) is 6.65. The molecule has 1 amide bonds. The smallest absolute Gasteiger partial charge is 0.246 e. The van der Waals surface area contributed by atoms with Gasteiger partial charge in [0.2, 0.25) is 5.91 Å². The maximum absolute atomic E-state index is 12.7. The van der Waals surface area contributed by atoms with Gasteiger partial charge in [-0.1, -0.05) is 23.7 Å². The number of ether oxygens (including phenoxy) is 1. The molecule has 0 atom stereocenters. The van der Waals surface area contributed by atoms with Crippen molar-refractivity contribution in [3.8, 4) is 5.75 Å². The number of likely N-dealkylation sites (tertiary alicyclic amines) is 1. The fourth-order valence-electron chi connectivity index (χ4n) is 4.02. The molecule has 0 N–H and O–H groups in total. The molecule has 8 heteroatoms. The summed E-state index contributed by atoms with van der Waals surface area (Å²) in [6.45, 7) is 3.78. The van der Waals surface area contributed by atoms with Gasteiger partial charge in [-0.2, -0.15) is 0 Å². The van der Waals surface area contributed by atoms with Crippen LogP contribution in [0.3, 0.4) is 0 Å². The van der Waals surface area contributed by atoms with E-state index in [0.29, 0.717) is 24.7 Å². The van der Waals surface area contributed by atoms with E-state index in [4.69, 9.17) is 20.8 Å². The molecule has 5 rings (SSSR count). The zero-order valence-electron chi connectivity index (χ0n) is 18.7. The Hall–Kier alpha value is -3.16. The molecule has 1 saturated heterocycles. The van der Waals surface area contributed by atoms with Crippen molar-refractivity contribution in [1.82, 2.24) is 14.9 Å². The number of nitrogens with zero attached hydrogens (tertiary/aromatic N) is 3. The van der Waals surface area contributed by atoms with Crippen LogP contribution in [0, 0.1) is 6.92 Å². The van der Waals surface area contributed by atoms with Gasteiger partial charge in [-0.25, -0.2) is 9.97 Å². The number of piperidine rings is 1. The fourth-order valence-corrected chi connectivity index (χ4v) is 4.78. The first-order valence-corrected chi connectivity index (χ1v) is 12.5. The molecule has 0 bridgehead atoms. The van der Waals surface area contributed by atoms with Gasteiger partial charge in [0.25, 0.3) is 0 Å². The minimum atomic E-state index is 0.0158. The number of aromatic nitrogens is 2. The summed E-state index contributed by atoms with van der Waals surface area (Å²) in [5.41, 5.74) is 3.40. The summed E-state index contributed by atoms with van der Waals surface area (Å²) in [6.07, 6.45) is 5.12. The maximum atomic E-state index is 12.7. The van der Waals surface area contributed by atoms with Crippen LogP contribution in [0.1, 0.15) is 40.9 Å². The van der Waals surface area contributed by atoms with Gasteiger partial charge in [0.05, 0.1) is 10.7 Å². The van der Waals surface area contributed by atoms with E-state index in [9.17, 15) is 4.79 Å². The first-order valence-electron chi connectivity index (χ1n) is 11.2. The summed E-state index contributed by atoms with van der Waals surface area (Å²) in [6, 6.07) is 13.2. The van der Waals surface area contributed by atoms with E-state index in [-0.39, 0.29) is 11.8 Å². The number of rotatable bonds is 6. The second-order valence-corrected chi connectivity index (χ2v) is 9.81. The quantitative estimate of drug-likeness (QED) is 0.297. The second kappa shape index (κ2) is 9.99. The van der Waals surface area contributed by atoms with E-state index in [2.05, 4.69) is 9.97 Å². The summed E-state index contributed by atoms with van der Waals surface area (Å²) in [7, 11) is 0. The fraction of sp³-hybridized carbons (Fsp3) is 0.269. The molecule has 4 aromatic rings. The summed E-state index contributed by atoms with van der Waals surface area (Å²) in [4.78, 5) is 23.5. The van der Waals surface area contributed by atoms with Gasteiger partial charge in [-0.05, 0) is 61.7 Å². The van der Waals surface area contributed by atoms with Gasteiger partial charge in [0, 0.05) is 35.5 Å². The monoisotopic (exact) mass is 493 g/mol. The maximum Gasteiger partial charge on any atom is 0.246 e. The van der Waals surface area contributed by atoms with Gasteiger partial charge in [0.1, 0.15) is 17.9 Å². The third-order valence-corrected chi connectivity index (χ3v) is 6.93. The normalized spacial score (nSPS) is 14.8. The number of thiazole rings is 1. The Morgan fingerprint density at radius 3 is 2.74 bits per heavy atom. The van der Waals surface area contributed by atoms with Gasteiger partial charge in [-0.3, -0.25) is 4.79 Å². The van der Waals surface area contributed by atoms with E-state index in [0.717, 1.165) is 51.8 Å². The number of carbonyl (C=O) groups excluding carboxylic acids is 1. The van der Waals surface area contributed by atoms with Crippen LogP contribution in [-0.4, -0.2) is 33.9 Å². The number of oxazole rings is 1. The van der Waals surface area contributed by atoms with E-state index in [1.54, 1.807) is 23.5 Å². The zero-order chi connectivity index (χ0) is 23.5. The van der Waals surface area contributed by atoms with Crippen LogP contribution >= 0.6 is 22.9 Å². The predicted octanol–water partition coefficient (Wildman–Crippen LogP) is 6.24. The van der Waals surface area contributed by atoms with E-state index in [1.165, 1.54) is 0 Å². The lowest BCUT2D eigenvalue weighted by Gasteiger charge is -2.29. The third-order valence-electron chi connectivity index (χ3n) is 5.87. The van der Waals surface area contributed by atoms with Crippen molar-refractivity contribution in [2.75, 3.05) is 13.1 Å². The van der Waals surface area contributed by atoms with Crippen LogP contribution in [0.5, 0.6) is 5.75 Å². The highest BCUT2D eigenvalue weighted by Gasteiger charge is 2.26. The molecular weight excluding hydrogens is 470 g/mol. The number of hydrogen-bond donors (Lipinski definition) is 0. The van der Waals surface area contributed by atoms with Crippen molar-refractivity contribution in [3.63, 3.8) is 0 Å². The number of aryl methyl sites for hydroxylation is 1. The number of amides is 1. The topological polar surface area (TPSA) is 68.5 Å². The molecule has 0 unspecified atom stereocenters. The summed E-state index contributed by atoms with van der Waals surface area (Å²) >= 11 is 7.66. The zero-order valence-corrected chi connectivity index (χ0v) is 20.3. The van der Waals surface area contributed by atoms with Crippen LogP contribution in [0.2, 0.25) is 5.02 Å². The lowest BCUT2D eigenvalue weighted by molar-refractivity contribution is -0.127. The van der Waals surface area contributed by atoms with Crippen molar-refractivity contribution in [2.24, 2.45) is 0 Å². The van der Waals surface area contributed by atoms with Crippen molar-refractivity contribution >= 4 is 46.0 Å². The third kappa shape index (κ3) is 5.32. The van der Waals surface area contributed by atoms with Crippen LogP contribution in [0.4, 0.5) is 0 Å². The van der Waals surface area contributed by atoms with E-state index < -0.39 is 0 Å². The van der Waals surface area contributed by atoms with E-state index >= 15 is 0 Å². The Bertz CT molecular complexity index is 1320. The molecule has 0 radical (unpaired) electrons. The molecule has 2 aromatic heterocycles. The number of halogens is 1. The van der Waals surface area contributed by atoms with Crippen molar-refractivity contribution in [1.29, 1.82) is 0 Å². The number of carbonyl (C=O) groups is 1. The highest BCUT2D eigenvalue weighted by molar-refractivity contribution is 7.09. The molecule has 0 spiro atoms. The number of benzene rings is 2. The lowest BCUT2D eigenvalue weighted by atomic mass is 9.96. The second-order valence-electron chi connectivity index (χ2n) is 8.31. The highest BCUT2D eigenvalue weighted by Crippen LogP contribution is 2.31. The summed E-state index contributed by atoms with van der Waals surface area (Å²) in [5.74, 6) is 1.73. The van der Waals surface area contributed by atoms with Gasteiger partial charge >= 0.3 is 0 Å². The minimum Gasteiger partial charge on any atom is -0.487 e. The Labute approximate surface area is 206 Å². The molecule has 0 saturated carbocycles. The average Bonchev–Trinajstić information content (AvgIpc) is 3.47. The molecule has 34 heavy (non-hydrogen) atoms. The van der Waals surface area contributed by atoms with Gasteiger partial charge < -0.3 is 14.1 Å². The molecule has 0 aliphatic carbocycles. The molecule has 1 aliphatic rings. The van der Waals surface area contributed by atoms with Gasteiger partial charge in [-0.15, -0.1) is 11.3 Å². The SMILES string of the molecule is Cc1nc(COc2ccc(/C=C/C(=O)N3CCC(c4nc5cc(Cl)ccc5o4)CC3)cc2)cs1. The Morgan fingerprint density at radius 1 is 1.21 bits per heavy atom. The molecule has 1 fully saturated rings. The van der Waals surface area contributed by atoms with Crippen LogP contribution < -0.4 is 4.74 Å². The standard InChI is InChI=1S/C26H24ClN3O3S/c1-17-28-21(16-34-17)15-32-22-6-2-18(3-7-22)4-9-25(31)30-12-10-19(11-13-30)26-29-23-14-20(27)5-8-24(23)33-26/h2-9,14,16,19H,10-13,15H2,1H3/b9-4+. The Morgan fingerprint density at radius 2 is 2.00 bits per heavy atom. The van der Waals surface area contributed by atoms with Crippen LogP contribution in [0.15, 0.2) is 58.3 Å². The predicted molar refractivity (Wildman–Crippen MR) is 134 cm³/mol. The molecule has 6 nitrogen and oxygen atoms in total. The molecule has 3 heterocycles. The Balaban J connectivity index is 1.12. The first kappa shape index (κ1) is 22.6. The van der Waals surface area contributed by atoms with Crippen LogP contribution in [-0.2, 0) is 11.4 Å². The lowest BCUT2D eigenvalue weighted by Crippen LogP contribution is -2.36. The largest absolute Gasteiger partial charge is 0.487 e. The summed E-state index contributed by atoms with van der Waals surface area (Å²) < 4.78 is 11.7. The molecule has 1 aliphatic heterocycles. The van der Waals surface area contributed by atoms with Crippen molar-refractivity contribution in [2.45, 2.75) is 32.3 Å². The number of fused-ring (bicyclic) bond motifs is 1. The summed E-state index contributed by atoms with van der Waals surface area (Å²) in [5, 5.41) is 3.68. The number of hydrogen-bond acceptors (Lipinski definition) is 6. The van der Waals surface area contributed by atoms with Gasteiger partial charge in [0.15, 0.2) is 11.5 Å². The first-order chi connectivity index (χ1) is 16.5. The van der Waals surface area contributed by atoms with Crippen molar-refractivity contribution < 1.29 is 13.9 Å². The average molecular weight is 494 g/mol. The minimum absolute atomic E-state index is 0.0158. The van der Waals surface area contributed by atoms with Crippen LogP contribution in [0.25, 0.3) is 17.2 Å².